The summed E-state index contributed by atoms with van der Waals surface area (Å²) in [4.78, 5) is 10.6. The van der Waals surface area contributed by atoms with Crippen LogP contribution in [-0.4, -0.2) is 5.97 Å². The highest BCUT2D eigenvalue weighted by atomic mass is 19.1. The molecule has 3 nitrogen and oxygen atoms in total. The maximum absolute atomic E-state index is 13.1. The highest BCUT2D eigenvalue weighted by molar-refractivity contribution is 5.76. The van der Waals surface area contributed by atoms with Gasteiger partial charge in [0.2, 0.25) is 0 Å². The summed E-state index contributed by atoms with van der Waals surface area (Å²) in [6.07, 6.45) is 0. The Balaban J connectivity index is 3.31. The summed E-state index contributed by atoms with van der Waals surface area (Å²) in [7, 11) is 0. The third kappa shape index (κ3) is 1.72. The molecule has 1 atom stereocenters. The number of carboxylic acid groups (broad SMARTS) is 1. The first-order chi connectivity index (χ1) is 6.35. The van der Waals surface area contributed by atoms with Gasteiger partial charge in [-0.25, -0.2) is 8.78 Å². The van der Waals surface area contributed by atoms with Crippen LogP contribution in [-0.2, 0) is 10.3 Å². The molecule has 0 saturated carbocycles. The zero-order valence-electron chi connectivity index (χ0n) is 7.51. The van der Waals surface area contributed by atoms with E-state index in [2.05, 4.69) is 5.73 Å². The van der Waals surface area contributed by atoms with Crippen molar-refractivity contribution >= 4 is 5.97 Å². The molecule has 0 unspecified atom stereocenters. The maximum Gasteiger partial charge on any atom is 0.160 e. The lowest BCUT2D eigenvalue weighted by Gasteiger charge is -2.22. The van der Waals surface area contributed by atoms with Gasteiger partial charge in [-0.15, -0.1) is 0 Å². The fourth-order valence-electron chi connectivity index (χ4n) is 1.03. The Bertz CT molecular complexity index is 377. The largest absolute Gasteiger partial charge is 0.543 e. The quantitative estimate of drug-likeness (QED) is 0.678. The van der Waals surface area contributed by atoms with Crippen LogP contribution in [0.3, 0.4) is 0 Å². The van der Waals surface area contributed by atoms with Crippen LogP contribution in [0.1, 0.15) is 12.5 Å². The first kappa shape index (κ1) is 10.6. The molecular weight excluding hydrogens is 192 g/mol. The molecule has 0 aromatic heterocycles. The third-order valence-electron chi connectivity index (χ3n) is 1.97. The molecule has 0 aliphatic carbocycles. The minimum absolute atomic E-state index is 0.322. The fraction of sp³-hybridized carbons (Fsp3) is 0.222. The van der Waals surface area contributed by atoms with Crippen molar-refractivity contribution in [1.82, 2.24) is 0 Å². The molecule has 1 aromatic carbocycles. The molecule has 14 heavy (non-hydrogen) atoms. The van der Waals surface area contributed by atoms with Crippen molar-refractivity contribution in [3.05, 3.63) is 35.4 Å². The van der Waals surface area contributed by atoms with Crippen molar-refractivity contribution in [1.29, 1.82) is 0 Å². The van der Waals surface area contributed by atoms with E-state index in [9.17, 15) is 18.7 Å². The molecule has 0 radical (unpaired) electrons. The molecule has 1 rings (SSSR count). The van der Waals surface area contributed by atoms with Crippen molar-refractivity contribution < 1.29 is 24.4 Å². The van der Waals surface area contributed by atoms with Crippen LogP contribution in [0.2, 0.25) is 0 Å². The summed E-state index contributed by atoms with van der Waals surface area (Å²) < 4.78 is 25.9. The summed E-state index contributed by atoms with van der Waals surface area (Å²) >= 11 is 0. The summed E-state index contributed by atoms with van der Waals surface area (Å²) in [5.74, 6) is -3.08. The Kier molecular flexibility index (Phi) is 2.53. The predicted molar refractivity (Wildman–Crippen MR) is 41.6 cm³/mol. The van der Waals surface area contributed by atoms with Gasteiger partial charge < -0.3 is 15.6 Å². The second-order valence-corrected chi connectivity index (χ2v) is 3.24. The third-order valence-corrected chi connectivity index (χ3v) is 1.97. The summed E-state index contributed by atoms with van der Waals surface area (Å²) in [5.41, 5.74) is 1.17. The zero-order valence-corrected chi connectivity index (χ0v) is 7.51. The Morgan fingerprint density at radius 3 is 2.57 bits per heavy atom. The number of hydrogen-bond acceptors (Lipinski definition) is 2. The Morgan fingerprint density at radius 1 is 1.50 bits per heavy atom. The number of benzene rings is 1. The number of aliphatic carboxylic acids is 1. The number of hydrogen-bond donors (Lipinski definition) is 1. The van der Waals surface area contributed by atoms with Crippen molar-refractivity contribution in [2.24, 2.45) is 0 Å². The van der Waals surface area contributed by atoms with Crippen LogP contribution < -0.4 is 10.8 Å². The van der Waals surface area contributed by atoms with E-state index in [-0.39, 0.29) is 5.56 Å². The van der Waals surface area contributed by atoms with Crippen molar-refractivity contribution in [3.63, 3.8) is 0 Å². The van der Waals surface area contributed by atoms with Crippen molar-refractivity contribution in [3.8, 4) is 0 Å². The van der Waals surface area contributed by atoms with Gasteiger partial charge in [0.15, 0.2) is 5.54 Å². The normalized spacial score (nSPS) is 14.9. The van der Waals surface area contributed by atoms with Crippen LogP contribution in [0.5, 0.6) is 0 Å². The minimum atomic E-state index is -1.79. The lowest BCUT2D eigenvalue weighted by atomic mass is 9.93. The smallest absolute Gasteiger partial charge is 0.160 e. The van der Waals surface area contributed by atoms with Crippen LogP contribution in [0.15, 0.2) is 18.2 Å². The van der Waals surface area contributed by atoms with E-state index in [4.69, 9.17) is 0 Å². The predicted octanol–water partition coefficient (Wildman–Crippen LogP) is -0.828. The van der Waals surface area contributed by atoms with Gasteiger partial charge in [0, 0.05) is 6.92 Å². The minimum Gasteiger partial charge on any atom is -0.543 e. The van der Waals surface area contributed by atoms with Crippen LogP contribution in [0.25, 0.3) is 0 Å². The molecule has 0 fully saturated rings. The maximum atomic E-state index is 13.1. The number of rotatable bonds is 2. The van der Waals surface area contributed by atoms with Gasteiger partial charge in [0.1, 0.15) is 17.6 Å². The SMILES string of the molecule is C[C@]([NH3+])(C(=O)[O-])c1cc(F)ccc1F. The van der Waals surface area contributed by atoms with E-state index in [0.717, 1.165) is 25.1 Å². The summed E-state index contributed by atoms with van der Waals surface area (Å²) in [5, 5.41) is 10.6. The Hall–Kier alpha value is -1.49. The average Bonchev–Trinajstić information content (AvgIpc) is 2.08. The lowest BCUT2D eigenvalue weighted by Crippen LogP contribution is -2.75. The molecule has 76 valence electrons. The topological polar surface area (TPSA) is 67.8 Å². The van der Waals surface area contributed by atoms with E-state index < -0.39 is 23.1 Å². The van der Waals surface area contributed by atoms with Gasteiger partial charge in [-0.1, -0.05) is 0 Å². The first-order valence-corrected chi connectivity index (χ1v) is 3.88. The molecule has 0 heterocycles. The molecule has 0 aliphatic heterocycles. The van der Waals surface area contributed by atoms with E-state index in [1.165, 1.54) is 0 Å². The highest BCUT2D eigenvalue weighted by Gasteiger charge is 2.30. The van der Waals surface area contributed by atoms with Gasteiger partial charge in [-0.05, 0) is 18.2 Å². The number of quaternary nitrogens is 1. The van der Waals surface area contributed by atoms with Crippen LogP contribution in [0, 0.1) is 11.6 Å². The molecule has 0 amide bonds. The van der Waals surface area contributed by atoms with Crippen molar-refractivity contribution in [2.75, 3.05) is 0 Å². The lowest BCUT2D eigenvalue weighted by molar-refractivity contribution is -0.490. The molecule has 1 aromatic rings. The van der Waals surface area contributed by atoms with Crippen molar-refractivity contribution in [2.45, 2.75) is 12.5 Å². The first-order valence-electron chi connectivity index (χ1n) is 3.88. The molecule has 0 saturated heterocycles. The highest BCUT2D eigenvalue weighted by Crippen LogP contribution is 2.19. The van der Waals surface area contributed by atoms with Gasteiger partial charge in [0.25, 0.3) is 0 Å². The zero-order chi connectivity index (χ0) is 10.9. The van der Waals surface area contributed by atoms with Crippen LogP contribution >= 0.6 is 0 Å². The van der Waals surface area contributed by atoms with E-state index >= 15 is 0 Å². The summed E-state index contributed by atoms with van der Waals surface area (Å²) in [6, 6.07) is 2.57. The molecule has 3 N–H and O–H groups in total. The van der Waals surface area contributed by atoms with E-state index in [1.807, 2.05) is 0 Å². The van der Waals surface area contributed by atoms with E-state index in [0.29, 0.717) is 0 Å². The molecule has 0 spiro atoms. The Morgan fingerprint density at radius 2 is 2.07 bits per heavy atom. The monoisotopic (exact) mass is 201 g/mol. The van der Waals surface area contributed by atoms with Gasteiger partial charge in [-0.2, -0.15) is 0 Å². The van der Waals surface area contributed by atoms with Gasteiger partial charge in [-0.3, -0.25) is 0 Å². The molecule has 5 heteroatoms. The Labute approximate surface area is 79.2 Å². The number of carbonyl (C=O) groups is 1. The number of carboxylic acids is 1. The second-order valence-electron chi connectivity index (χ2n) is 3.24. The average molecular weight is 201 g/mol. The summed E-state index contributed by atoms with van der Waals surface area (Å²) in [6.45, 7) is 1.15. The molecular formula is C9H9F2NO2. The van der Waals surface area contributed by atoms with Crippen LogP contribution in [0.4, 0.5) is 8.78 Å². The second kappa shape index (κ2) is 3.34. The molecule has 0 bridgehead atoms. The fourth-order valence-corrected chi connectivity index (χ4v) is 1.03. The number of carbonyl (C=O) groups excluding carboxylic acids is 1. The molecule has 0 aliphatic rings. The number of halogens is 2. The van der Waals surface area contributed by atoms with Gasteiger partial charge in [0.05, 0.1) is 5.56 Å². The van der Waals surface area contributed by atoms with Gasteiger partial charge >= 0.3 is 0 Å². The van der Waals surface area contributed by atoms with E-state index in [1.54, 1.807) is 0 Å². The standard InChI is InChI=1S/C9H9F2NO2/c1-9(12,8(13)14)6-4-5(10)2-3-7(6)11/h2-4H,12H2,1H3,(H,13,14)/t9-/m1/s1.